The number of carbonyl (C=O) groups excluding carboxylic acids is 1. The summed E-state index contributed by atoms with van der Waals surface area (Å²) in [4.78, 5) is 25.8. The second-order valence-electron chi connectivity index (χ2n) is 3.19. The second kappa shape index (κ2) is 5.11. The predicted molar refractivity (Wildman–Crippen MR) is 68.2 cm³/mol. The fourth-order valence-corrected chi connectivity index (χ4v) is 2.08. The van der Waals surface area contributed by atoms with E-state index in [1.165, 1.54) is 12.1 Å². The monoisotopic (exact) mass is 283 g/mol. The smallest absolute Gasteiger partial charge is 0.306 e. The number of aromatic nitrogens is 1. The van der Waals surface area contributed by atoms with Gasteiger partial charge in [-0.3, -0.25) is 14.9 Å². The molecule has 18 heavy (non-hydrogen) atoms. The topological polar surface area (TPSA) is 85.1 Å². The highest BCUT2D eigenvalue weighted by atomic mass is 35.5. The molecule has 2 aromatic heterocycles. The molecule has 0 aliphatic rings. The molecular weight excluding hydrogens is 278 g/mol. The first-order valence-corrected chi connectivity index (χ1v) is 5.94. The molecule has 0 atom stereocenters. The van der Waals surface area contributed by atoms with E-state index in [0.717, 1.165) is 11.3 Å². The normalized spacial score (nSPS) is 10.1. The summed E-state index contributed by atoms with van der Waals surface area (Å²) in [5.41, 5.74) is 0. The van der Waals surface area contributed by atoms with Crippen LogP contribution in [0.25, 0.3) is 0 Å². The molecule has 0 aromatic carbocycles. The van der Waals surface area contributed by atoms with E-state index >= 15 is 0 Å². The van der Waals surface area contributed by atoms with Crippen molar-refractivity contribution in [3.8, 4) is 0 Å². The third-order valence-electron chi connectivity index (χ3n) is 1.95. The van der Waals surface area contributed by atoms with Gasteiger partial charge in [0.05, 0.1) is 9.80 Å². The van der Waals surface area contributed by atoms with Gasteiger partial charge in [-0.15, -0.1) is 0 Å². The Balaban J connectivity index is 2.14. The Morgan fingerprint density at radius 3 is 2.78 bits per heavy atom. The van der Waals surface area contributed by atoms with Crippen LogP contribution in [0.1, 0.15) is 9.67 Å². The third kappa shape index (κ3) is 2.82. The van der Waals surface area contributed by atoms with Gasteiger partial charge >= 0.3 is 5.00 Å². The Hall–Kier alpha value is -1.99. The third-order valence-corrected chi connectivity index (χ3v) is 3.20. The van der Waals surface area contributed by atoms with Gasteiger partial charge in [-0.25, -0.2) is 4.98 Å². The van der Waals surface area contributed by atoms with Crippen molar-refractivity contribution < 1.29 is 9.72 Å². The number of anilines is 1. The second-order valence-corrected chi connectivity index (χ2v) is 4.64. The molecule has 1 N–H and O–H groups in total. The van der Waals surface area contributed by atoms with Crippen molar-refractivity contribution in [3.05, 3.63) is 50.5 Å². The number of nitrogens with zero attached hydrogens (tertiary/aromatic N) is 2. The number of carbonyl (C=O) groups is 1. The SMILES string of the molecule is O=C(Nc1cccc(Cl)n1)c1ccc([N+](=O)[O-])s1. The van der Waals surface area contributed by atoms with Gasteiger partial charge in [-0.05, 0) is 18.2 Å². The van der Waals surface area contributed by atoms with Gasteiger partial charge in [-0.2, -0.15) is 0 Å². The first-order chi connectivity index (χ1) is 8.56. The Labute approximate surface area is 110 Å². The maximum atomic E-state index is 11.8. The Morgan fingerprint density at radius 1 is 1.39 bits per heavy atom. The van der Waals surface area contributed by atoms with Crippen molar-refractivity contribution in [2.75, 3.05) is 5.32 Å². The van der Waals surface area contributed by atoms with E-state index in [4.69, 9.17) is 11.6 Å². The van der Waals surface area contributed by atoms with Crippen LogP contribution in [0.2, 0.25) is 5.15 Å². The molecule has 0 fully saturated rings. The van der Waals surface area contributed by atoms with Crippen LogP contribution < -0.4 is 5.32 Å². The van der Waals surface area contributed by atoms with Crippen LogP contribution in [-0.2, 0) is 0 Å². The molecule has 0 radical (unpaired) electrons. The minimum absolute atomic E-state index is 0.0841. The highest BCUT2D eigenvalue weighted by Gasteiger charge is 2.15. The summed E-state index contributed by atoms with van der Waals surface area (Å²) in [7, 11) is 0. The van der Waals surface area contributed by atoms with E-state index < -0.39 is 10.8 Å². The molecule has 0 unspecified atom stereocenters. The molecule has 0 aliphatic heterocycles. The first kappa shape index (κ1) is 12.5. The number of hydrogen-bond acceptors (Lipinski definition) is 5. The predicted octanol–water partition coefficient (Wildman–Crippen LogP) is 2.96. The quantitative estimate of drug-likeness (QED) is 0.533. The lowest BCUT2D eigenvalue weighted by molar-refractivity contribution is -0.380. The van der Waals surface area contributed by atoms with Gasteiger partial charge in [0.15, 0.2) is 0 Å². The van der Waals surface area contributed by atoms with Gasteiger partial charge in [0.1, 0.15) is 11.0 Å². The average Bonchev–Trinajstić information content (AvgIpc) is 2.78. The summed E-state index contributed by atoms with van der Waals surface area (Å²) in [6, 6.07) is 7.47. The molecule has 8 heteroatoms. The van der Waals surface area contributed by atoms with Crippen LogP contribution in [0.15, 0.2) is 30.3 Å². The lowest BCUT2D eigenvalue weighted by Gasteiger charge is -2.01. The lowest BCUT2D eigenvalue weighted by atomic mass is 10.4. The highest BCUT2D eigenvalue weighted by molar-refractivity contribution is 7.17. The number of halogens is 1. The molecule has 0 bridgehead atoms. The number of rotatable bonds is 3. The van der Waals surface area contributed by atoms with Crippen molar-refractivity contribution in [2.45, 2.75) is 0 Å². The van der Waals surface area contributed by atoms with Crippen molar-refractivity contribution >= 4 is 39.7 Å². The minimum Gasteiger partial charge on any atom is -0.306 e. The lowest BCUT2D eigenvalue weighted by Crippen LogP contribution is -2.11. The molecule has 0 spiro atoms. The van der Waals surface area contributed by atoms with Crippen molar-refractivity contribution in [3.63, 3.8) is 0 Å². The van der Waals surface area contributed by atoms with E-state index in [-0.39, 0.29) is 15.0 Å². The maximum Gasteiger partial charge on any atom is 0.324 e. The molecule has 2 heterocycles. The summed E-state index contributed by atoms with van der Waals surface area (Å²) in [5.74, 6) is -0.161. The van der Waals surface area contributed by atoms with Crippen LogP contribution in [0.5, 0.6) is 0 Å². The molecule has 2 aromatic rings. The number of amides is 1. The largest absolute Gasteiger partial charge is 0.324 e. The number of nitrogens with one attached hydrogen (secondary N) is 1. The van der Waals surface area contributed by atoms with Gasteiger partial charge in [0, 0.05) is 6.07 Å². The number of thiophene rings is 1. The van der Waals surface area contributed by atoms with Crippen molar-refractivity contribution in [1.29, 1.82) is 0 Å². The van der Waals surface area contributed by atoms with Crippen LogP contribution >= 0.6 is 22.9 Å². The average molecular weight is 284 g/mol. The van der Waals surface area contributed by atoms with Gasteiger partial charge in [0.25, 0.3) is 5.91 Å². The summed E-state index contributed by atoms with van der Waals surface area (Å²) in [6.07, 6.45) is 0. The zero-order chi connectivity index (χ0) is 13.1. The number of pyridine rings is 1. The zero-order valence-electron chi connectivity index (χ0n) is 8.79. The van der Waals surface area contributed by atoms with Gasteiger partial charge in [0.2, 0.25) is 0 Å². The van der Waals surface area contributed by atoms with E-state index in [0.29, 0.717) is 5.82 Å². The molecule has 0 saturated carbocycles. The van der Waals surface area contributed by atoms with Crippen LogP contribution in [-0.4, -0.2) is 15.8 Å². The minimum atomic E-state index is -0.543. The fraction of sp³-hybridized carbons (Fsp3) is 0. The molecule has 1 amide bonds. The Bertz CT molecular complexity index is 614. The van der Waals surface area contributed by atoms with E-state index in [9.17, 15) is 14.9 Å². The zero-order valence-corrected chi connectivity index (χ0v) is 10.4. The summed E-state index contributed by atoms with van der Waals surface area (Å²) < 4.78 is 0. The molecule has 2 rings (SSSR count). The molecule has 0 aliphatic carbocycles. The van der Waals surface area contributed by atoms with Crippen molar-refractivity contribution in [2.24, 2.45) is 0 Å². The summed E-state index contributed by atoms with van der Waals surface area (Å²) in [6.45, 7) is 0. The van der Waals surface area contributed by atoms with Gasteiger partial charge < -0.3 is 5.32 Å². The van der Waals surface area contributed by atoms with Crippen molar-refractivity contribution in [1.82, 2.24) is 4.98 Å². The van der Waals surface area contributed by atoms with E-state index in [2.05, 4.69) is 10.3 Å². The Kier molecular flexibility index (Phi) is 3.54. The van der Waals surface area contributed by atoms with E-state index in [1.807, 2.05) is 0 Å². The first-order valence-electron chi connectivity index (χ1n) is 4.74. The number of nitro groups is 1. The summed E-state index contributed by atoms with van der Waals surface area (Å²) >= 11 is 6.47. The number of hydrogen-bond donors (Lipinski definition) is 1. The molecule has 0 saturated heterocycles. The van der Waals surface area contributed by atoms with Crippen LogP contribution in [0.3, 0.4) is 0 Å². The molecule has 92 valence electrons. The van der Waals surface area contributed by atoms with Crippen LogP contribution in [0.4, 0.5) is 10.8 Å². The highest BCUT2D eigenvalue weighted by Crippen LogP contribution is 2.24. The Morgan fingerprint density at radius 2 is 2.17 bits per heavy atom. The summed E-state index contributed by atoms with van der Waals surface area (Å²) in [5, 5.41) is 13.2. The van der Waals surface area contributed by atoms with Gasteiger partial charge in [-0.1, -0.05) is 29.0 Å². The van der Waals surface area contributed by atoms with E-state index in [1.54, 1.807) is 18.2 Å². The molecular formula is C10H6ClN3O3S. The fourth-order valence-electron chi connectivity index (χ4n) is 1.20. The molecule has 6 nitrogen and oxygen atoms in total. The standard InChI is InChI=1S/C10H6ClN3O3S/c11-7-2-1-3-8(12-7)13-10(15)6-4-5-9(18-6)14(16)17/h1-5H,(H,12,13,15). The van der Waals surface area contributed by atoms with Crippen LogP contribution in [0, 0.1) is 10.1 Å². The maximum absolute atomic E-state index is 11.8.